The Hall–Kier alpha value is -1.19. The molecular weight excluding hydrogens is 345 g/mol. The van der Waals surface area contributed by atoms with E-state index in [9.17, 15) is 17.6 Å². The van der Waals surface area contributed by atoms with Crippen LogP contribution in [-0.4, -0.2) is 32.6 Å². The number of carbonyl (C=O) groups is 1. The topological polar surface area (TPSA) is 92.7 Å². The standard InChI is InChI=1S/C10H11BrFNO5S/c1-5(10(14)15)13-19(16,17)9-4-7(12)6(11)3-8(9)18-2/h3-5,13H,1-2H3,(H,14,15)/t5-/m0/s1. The number of rotatable bonds is 5. The fraction of sp³-hybridized carbons (Fsp3) is 0.300. The normalized spacial score (nSPS) is 13.1. The van der Waals surface area contributed by atoms with Crippen molar-refractivity contribution in [1.29, 1.82) is 0 Å². The molecule has 0 aliphatic rings. The smallest absolute Gasteiger partial charge is 0.321 e. The average molecular weight is 356 g/mol. The van der Waals surface area contributed by atoms with Crippen LogP contribution in [0.25, 0.3) is 0 Å². The molecule has 0 bridgehead atoms. The summed E-state index contributed by atoms with van der Waals surface area (Å²) < 4.78 is 44.1. The van der Waals surface area contributed by atoms with Crippen molar-refractivity contribution in [3.8, 4) is 5.75 Å². The molecule has 0 heterocycles. The van der Waals surface area contributed by atoms with Gasteiger partial charge in [0.1, 0.15) is 22.5 Å². The van der Waals surface area contributed by atoms with Gasteiger partial charge in [0, 0.05) is 0 Å². The van der Waals surface area contributed by atoms with Crippen molar-refractivity contribution in [3.05, 3.63) is 22.4 Å². The molecule has 0 radical (unpaired) electrons. The first-order valence-corrected chi connectivity index (χ1v) is 7.25. The van der Waals surface area contributed by atoms with Gasteiger partial charge in [-0.2, -0.15) is 4.72 Å². The molecule has 1 aromatic carbocycles. The molecule has 0 saturated carbocycles. The minimum atomic E-state index is -4.20. The van der Waals surface area contributed by atoms with Gasteiger partial charge in [-0.1, -0.05) is 0 Å². The first kappa shape index (κ1) is 15.9. The van der Waals surface area contributed by atoms with Crippen molar-refractivity contribution in [2.45, 2.75) is 17.9 Å². The molecule has 1 aromatic rings. The fourth-order valence-electron chi connectivity index (χ4n) is 1.23. The molecule has 9 heteroatoms. The second kappa shape index (κ2) is 5.85. The summed E-state index contributed by atoms with van der Waals surface area (Å²) in [6.07, 6.45) is 0. The highest BCUT2D eigenvalue weighted by Crippen LogP contribution is 2.29. The first-order valence-electron chi connectivity index (χ1n) is 4.97. The average Bonchev–Trinajstić information content (AvgIpc) is 2.31. The van der Waals surface area contributed by atoms with Crippen molar-refractivity contribution >= 4 is 31.9 Å². The Kier molecular flexibility index (Phi) is 4.88. The van der Waals surface area contributed by atoms with Gasteiger partial charge >= 0.3 is 5.97 Å². The van der Waals surface area contributed by atoms with Crippen molar-refractivity contribution in [2.24, 2.45) is 0 Å². The lowest BCUT2D eigenvalue weighted by Crippen LogP contribution is -2.38. The van der Waals surface area contributed by atoms with Gasteiger partial charge < -0.3 is 9.84 Å². The Morgan fingerprint density at radius 3 is 2.58 bits per heavy atom. The number of hydrogen-bond donors (Lipinski definition) is 2. The summed E-state index contributed by atoms with van der Waals surface area (Å²) in [6, 6.07) is 0.552. The minimum absolute atomic E-state index is 0.0367. The van der Waals surface area contributed by atoms with Gasteiger partial charge in [-0.05, 0) is 35.0 Å². The summed E-state index contributed by atoms with van der Waals surface area (Å²) in [5.74, 6) is -2.25. The van der Waals surface area contributed by atoms with Crippen LogP contribution < -0.4 is 9.46 Å². The Morgan fingerprint density at radius 1 is 1.53 bits per heavy atom. The lowest BCUT2D eigenvalue weighted by molar-refractivity contribution is -0.138. The Balaban J connectivity index is 3.28. The SMILES string of the molecule is COc1cc(Br)c(F)cc1S(=O)(=O)N[C@@H](C)C(=O)O. The number of ether oxygens (including phenoxy) is 1. The summed E-state index contributed by atoms with van der Waals surface area (Å²) in [7, 11) is -2.98. The van der Waals surface area contributed by atoms with Gasteiger partial charge in [0.05, 0.1) is 11.6 Å². The van der Waals surface area contributed by atoms with Crippen LogP contribution in [0.2, 0.25) is 0 Å². The largest absolute Gasteiger partial charge is 0.495 e. The summed E-state index contributed by atoms with van der Waals surface area (Å²) in [5, 5.41) is 8.68. The first-order chi connectivity index (χ1) is 8.69. The molecule has 0 spiro atoms. The van der Waals surface area contributed by atoms with Crippen molar-refractivity contribution in [2.75, 3.05) is 7.11 Å². The Labute approximate surface area is 117 Å². The zero-order chi connectivity index (χ0) is 14.8. The van der Waals surface area contributed by atoms with Crippen LogP contribution in [0.15, 0.2) is 21.5 Å². The van der Waals surface area contributed by atoms with Crippen molar-refractivity contribution in [3.63, 3.8) is 0 Å². The second-order valence-electron chi connectivity index (χ2n) is 3.60. The number of aliphatic carboxylic acids is 1. The molecule has 106 valence electrons. The highest BCUT2D eigenvalue weighted by atomic mass is 79.9. The van der Waals surface area contributed by atoms with E-state index in [-0.39, 0.29) is 10.2 Å². The van der Waals surface area contributed by atoms with E-state index >= 15 is 0 Å². The molecule has 0 fully saturated rings. The molecule has 1 rings (SSSR count). The van der Waals surface area contributed by atoms with E-state index in [0.29, 0.717) is 0 Å². The van der Waals surface area contributed by atoms with Gasteiger partial charge in [0.2, 0.25) is 10.0 Å². The number of hydrogen-bond acceptors (Lipinski definition) is 4. The molecule has 0 amide bonds. The van der Waals surface area contributed by atoms with Gasteiger partial charge in [0.15, 0.2) is 0 Å². The van der Waals surface area contributed by atoms with E-state index in [1.54, 1.807) is 0 Å². The van der Waals surface area contributed by atoms with Crippen LogP contribution in [0.4, 0.5) is 4.39 Å². The predicted molar refractivity (Wildman–Crippen MR) is 68.1 cm³/mol. The third kappa shape index (κ3) is 3.64. The van der Waals surface area contributed by atoms with Gasteiger partial charge in [-0.3, -0.25) is 4.79 Å². The van der Waals surface area contributed by atoms with Gasteiger partial charge in [-0.25, -0.2) is 12.8 Å². The molecule has 2 N–H and O–H groups in total. The number of halogens is 2. The lowest BCUT2D eigenvalue weighted by Gasteiger charge is -2.13. The molecule has 0 unspecified atom stereocenters. The highest BCUT2D eigenvalue weighted by Gasteiger charge is 2.26. The summed E-state index contributed by atoms with van der Waals surface area (Å²) >= 11 is 2.90. The Bertz CT molecular complexity index is 604. The molecule has 1 atom stereocenters. The van der Waals surface area contributed by atoms with E-state index in [1.165, 1.54) is 7.11 Å². The molecule has 0 aliphatic carbocycles. The van der Waals surface area contributed by atoms with Crippen LogP contribution >= 0.6 is 15.9 Å². The maximum absolute atomic E-state index is 13.4. The van der Waals surface area contributed by atoms with Crippen molar-refractivity contribution < 1.29 is 27.4 Å². The van der Waals surface area contributed by atoms with E-state index in [1.807, 2.05) is 4.72 Å². The van der Waals surface area contributed by atoms with Gasteiger partial charge in [-0.15, -0.1) is 0 Å². The molecule has 0 aliphatic heterocycles. The molecule has 0 saturated heterocycles. The fourth-order valence-corrected chi connectivity index (χ4v) is 2.91. The van der Waals surface area contributed by atoms with E-state index in [2.05, 4.69) is 15.9 Å². The highest BCUT2D eigenvalue weighted by molar-refractivity contribution is 9.10. The number of benzene rings is 1. The van der Waals surface area contributed by atoms with Crippen LogP contribution in [0.3, 0.4) is 0 Å². The molecule has 6 nitrogen and oxygen atoms in total. The maximum Gasteiger partial charge on any atom is 0.321 e. The third-order valence-electron chi connectivity index (χ3n) is 2.20. The second-order valence-corrected chi connectivity index (χ2v) is 6.14. The van der Waals surface area contributed by atoms with Crippen LogP contribution in [-0.2, 0) is 14.8 Å². The number of carboxylic acid groups (broad SMARTS) is 1. The third-order valence-corrected chi connectivity index (χ3v) is 4.37. The van der Waals surface area contributed by atoms with E-state index < -0.39 is 32.7 Å². The van der Waals surface area contributed by atoms with Crippen LogP contribution in [0, 0.1) is 5.82 Å². The van der Waals surface area contributed by atoms with Gasteiger partial charge in [0.25, 0.3) is 0 Å². The molecule has 19 heavy (non-hydrogen) atoms. The minimum Gasteiger partial charge on any atom is -0.495 e. The maximum atomic E-state index is 13.4. The summed E-state index contributed by atoms with van der Waals surface area (Å²) in [5.41, 5.74) is 0. The Morgan fingerprint density at radius 2 is 2.11 bits per heavy atom. The zero-order valence-corrected chi connectivity index (χ0v) is 12.4. The van der Waals surface area contributed by atoms with E-state index in [4.69, 9.17) is 9.84 Å². The quantitative estimate of drug-likeness (QED) is 0.831. The number of carboxylic acids is 1. The summed E-state index contributed by atoms with van der Waals surface area (Å²) in [6.45, 7) is 1.15. The van der Waals surface area contributed by atoms with Crippen LogP contribution in [0.1, 0.15) is 6.92 Å². The zero-order valence-electron chi connectivity index (χ0n) is 9.98. The van der Waals surface area contributed by atoms with Crippen LogP contribution in [0.5, 0.6) is 5.75 Å². The molecule has 0 aromatic heterocycles. The number of sulfonamides is 1. The monoisotopic (exact) mass is 355 g/mol. The summed E-state index contributed by atoms with van der Waals surface area (Å²) in [4.78, 5) is 10.2. The number of nitrogens with one attached hydrogen (secondary N) is 1. The molecular formula is C10H11BrFNO5S. The van der Waals surface area contributed by atoms with Crippen molar-refractivity contribution in [1.82, 2.24) is 4.72 Å². The lowest BCUT2D eigenvalue weighted by atomic mass is 10.3. The number of methoxy groups -OCH3 is 1. The van der Waals surface area contributed by atoms with E-state index in [0.717, 1.165) is 19.1 Å². The predicted octanol–water partition coefficient (Wildman–Crippen LogP) is 1.35.